The van der Waals surface area contributed by atoms with Gasteiger partial charge in [-0.15, -0.1) is 0 Å². The van der Waals surface area contributed by atoms with Crippen LogP contribution in [-0.2, 0) is 12.8 Å². The Bertz CT molecular complexity index is 654. The van der Waals surface area contributed by atoms with Gasteiger partial charge in [-0.2, -0.15) is 0 Å². The molecule has 0 spiro atoms. The average molecular weight is 297 g/mol. The third-order valence-corrected chi connectivity index (χ3v) is 4.56. The van der Waals surface area contributed by atoms with Gasteiger partial charge in [0, 0.05) is 12.6 Å². The summed E-state index contributed by atoms with van der Waals surface area (Å²) in [7, 11) is 5.56. The van der Waals surface area contributed by atoms with Crippen LogP contribution in [0.25, 0.3) is 0 Å². The normalized spacial score (nSPS) is 17.9. The molecule has 0 amide bonds. The lowest BCUT2D eigenvalue weighted by molar-refractivity contribution is 0.229. The molecule has 2 aromatic carbocycles. The fraction of sp³-hybridized carbons (Fsp3) is 0.368. The van der Waals surface area contributed by atoms with Crippen molar-refractivity contribution in [1.29, 1.82) is 0 Å². The van der Waals surface area contributed by atoms with Crippen LogP contribution < -0.4 is 9.47 Å². The molecule has 0 fully saturated rings. The number of nitrogens with zero attached hydrogens (tertiary/aromatic N) is 1. The van der Waals surface area contributed by atoms with Gasteiger partial charge >= 0.3 is 0 Å². The maximum atomic E-state index is 5.42. The fourth-order valence-electron chi connectivity index (χ4n) is 3.27. The fourth-order valence-corrected chi connectivity index (χ4v) is 3.27. The largest absolute Gasteiger partial charge is 0.493 e. The average Bonchev–Trinajstić information content (AvgIpc) is 2.57. The van der Waals surface area contributed by atoms with Gasteiger partial charge in [0.2, 0.25) is 0 Å². The van der Waals surface area contributed by atoms with Gasteiger partial charge in [-0.1, -0.05) is 30.3 Å². The summed E-state index contributed by atoms with van der Waals surface area (Å²) < 4.78 is 10.7. The van der Waals surface area contributed by atoms with Crippen LogP contribution in [0.5, 0.6) is 11.5 Å². The number of likely N-dealkylation sites (N-methyl/N-ethyl adjacent to an activating group) is 1. The van der Waals surface area contributed by atoms with E-state index < -0.39 is 0 Å². The Balaban J connectivity index is 1.89. The van der Waals surface area contributed by atoms with Crippen molar-refractivity contribution in [3.8, 4) is 11.5 Å². The van der Waals surface area contributed by atoms with E-state index in [0.717, 1.165) is 30.9 Å². The minimum atomic E-state index is 0.419. The number of fused-ring (bicyclic) bond motifs is 1. The molecule has 1 aliphatic heterocycles. The lowest BCUT2D eigenvalue weighted by atomic mass is 9.89. The smallest absolute Gasteiger partial charge is 0.160 e. The standard InChI is InChI=1S/C19H23NO2/c1-20-11-10-15-6-4-5-7-16(15)17(20)12-14-8-9-18(21-2)19(13-14)22-3/h4-9,13,17H,10-12H2,1-3H3. The SMILES string of the molecule is COc1ccc(CC2c3ccccc3CCN2C)cc1OC. The number of rotatable bonds is 4. The molecule has 0 radical (unpaired) electrons. The molecule has 116 valence electrons. The summed E-state index contributed by atoms with van der Waals surface area (Å²) in [5.41, 5.74) is 4.20. The molecule has 3 nitrogen and oxygen atoms in total. The van der Waals surface area contributed by atoms with Crippen molar-refractivity contribution in [3.05, 3.63) is 59.2 Å². The van der Waals surface area contributed by atoms with Gasteiger partial charge in [-0.3, -0.25) is 4.90 Å². The first-order chi connectivity index (χ1) is 10.7. The summed E-state index contributed by atoms with van der Waals surface area (Å²) in [6.07, 6.45) is 2.11. The second-order valence-electron chi connectivity index (χ2n) is 5.84. The van der Waals surface area contributed by atoms with Crippen molar-refractivity contribution >= 4 is 0 Å². The lowest BCUT2D eigenvalue weighted by Gasteiger charge is -2.34. The maximum absolute atomic E-state index is 5.42. The first-order valence-electron chi connectivity index (χ1n) is 7.72. The summed E-state index contributed by atoms with van der Waals surface area (Å²) in [4.78, 5) is 2.44. The van der Waals surface area contributed by atoms with Crippen LogP contribution in [0.3, 0.4) is 0 Å². The number of hydrogen-bond acceptors (Lipinski definition) is 3. The van der Waals surface area contributed by atoms with Gasteiger partial charge in [-0.25, -0.2) is 0 Å². The van der Waals surface area contributed by atoms with Gasteiger partial charge in [-0.05, 0) is 48.7 Å². The second kappa shape index (κ2) is 6.41. The highest BCUT2D eigenvalue weighted by atomic mass is 16.5. The molecule has 22 heavy (non-hydrogen) atoms. The summed E-state index contributed by atoms with van der Waals surface area (Å²) in [6.45, 7) is 1.11. The van der Waals surface area contributed by atoms with Crippen molar-refractivity contribution in [2.45, 2.75) is 18.9 Å². The molecule has 1 aliphatic rings. The Morgan fingerprint density at radius 1 is 1.05 bits per heavy atom. The van der Waals surface area contributed by atoms with E-state index in [1.54, 1.807) is 14.2 Å². The summed E-state index contributed by atoms with van der Waals surface area (Å²) in [5.74, 6) is 1.58. The Morgan fingerprint density at radius 2 is 1.82 bits per heavy atom. The third-order valence-electron chi connectivity index (χ3n) is 4.56. The van der Waals surface area contributed by atoms with Crippen molar-refractivity contribution in [1.82, 2.24) is 4.90 Å². The van der Waals surface area contributed by atoms with E-state index in [0.29, 0.717) is 6.04 Å². The second-order valence-corrected chi connectivity index (χ2v) is 5.84. The zero-order valence-electron chi connectivity index (χ0n) is 13.5. The zero-order valence-corrected chi connectivity index (χ0v) is 13.5. The molecule has 0 aromatic heterocycles. The Hall–Kier alpha value is -2.00. The van der Waals surface area contributed by atoms with Gasteiger partial charge in [0.05, 0.1) is 14.2 Å². The number of methoxy groups -OCH3 is 2. The van der Waals surface area contributed by atoms with Crippen LogP contribution in [-0.4, -0.2) is 32.7 Å². The molecule has 3 heteroatoms. The van der Waals surface area contributed by atoms with Gasteiger partial charge in [0.25, 0.3) is 0 Å². The molecular weight excluding hydrogens is 274 g/mol. The molecule has 0 bridgehead atoms. The van der Waals surface area contributed by atoms with Gasteiger partial charge in [0.15, 0.2) is 11.5 Å². The van der Waals surface area contributed by atoms with Crippen LogP contribution in [0, 0.1) is 0 Å². The van der Waals surface area contributed by atoms with Gasteiger partial charge in [0.1, 0.15) is 0 Å². The molecule has 2 aromatic rings. The molecule has 3 rings (SSSR count). The zero-order chi connectivity index (χ0) is 15.5. The number of benzene rings is 2. The number of ether oxygens (including phenoxy) is 2. The topological polar surface area (TPSA) is 21.7 Å². The third kappa shape index (κ3) is 2.81. The van der Waals surface area contributed by atoms with E-state index in [1.165, 1.54) is 16.7 Å². The Morgan fingerprint density at radius 3 is 2.59 bits per heavy atom. The summed E-state index contributed by atoms with van der Waals surface area (Å²) in [5, 5.41) is 0. The minimum absolute atomic E-state index is 0.419. The first-order valence-corrected chi connectivity index (χ1v) is 7.72. The maximum Gasteiger partial charge on any atom is 0.160 e. The number of hydrogen-bond donors (Lipinski definition) is 0. The highest BCUT2D eigenvalue weighted by Crippen LogP contribution is 2.34. The van der Waals surface area contributed by atoms with E-state index in [9.17, 15) is 0 Å². The molecule has 0 saturated heterocycles. The highest BCUT2D eigenvalue weighted by molar-refractivity contribution is 5.44. The summed E-state index contributed by atoms with van der Waals surface area (Å²) in [6, 6.07) is 15.4. The highest BCUT2D eigenvalue weighted by Gasteiger charge is 2.24. The van der Waals surface area contributed by atoms with Crippen molar-refractivity contribution in [2.75, 3.05) is 27.8 Å². The lowest BCUT2D eigenvalue weighted by Crippen LogP contribution is -2.33. The van der Waals surface area contributed by atoms with E-state index in [2.05, 4.69) is 48.3 Å². The monoisotopic (exact) mass is 297 g/mol. The van der Waals surface area contributed by atoms with E-state index in [-0.39, 0.29) is 0 Å². The molecule has 0 aliphatic carbocycles. The van der Waals surface area contributed by atoms with Crippen molar-refractivity contribution in [3.63, 3.8) is 0 Å². The molecule has 0 N–H and O–H groups in total. The van der Waals surface area contributed by atoms with Crippen LogP contribution in [0.1, 0.15) is 22.7 Å². The van der Waals surface area contributed by atoms with Crippen LogP contribution >= 0.6 is 0 Å². The summed E-state index contributed by atoms with van der Waals surface area (Å²) >= 11 is 0. The van der Waals surface area contributed by atoms with E-state index >= 15 is 0 Å². The predicted molar refractivity (Wildman–Crippen MR) is 88.8 cm³/mol. The van der Waals surface area contributed by atoms with Crippen LogP contribution in [0.15, 0.2) is 42.5 Å². The van der Waals surface area contributed by atoms with Crippen LogP contribution in [0.2, 0.25) is 0 Å². The van der Waals surface area contributed by atoms with Crippen LogP contribution in [0.4, 0.5) is 0 Å². The first kappa shape index (κ1) is 14.9. The molecule has 1 unspecified atom stereocenters. The van der Waals surface area contributed by atoms with E-state index in [1.807, 2.05) is 6.07 Å². The molecule has 1 atom stereocenters. The molecular formula is C19H23NO2. The quantitative estimate of drug-likeness (QED) is 0.862. The Labute approximate surface area is 132 Å². The van der Waals surface area contributed by atoms with Crippen molar-refractivity contribution < 1.29 is 9.47 Å². The molecule has 1 heterocycles. The minimum Gasteiger partial charge on any atom is -0.493 e. The van der Waals surface area contributed by atoms with Crippen molar-refractivity contribution in [2.24, 2.45) is 0 Å². The Kier molecular flexibility index (Phi) is 4.34. The predicted octanol–water partition coefficient (Wildman–Crippen LogP) is 3.48. The molecule has 0 saturated carbocycles. The van der Waals surface area contributed by atoms with E-state index in [4.69, 9.17) is 9.47 Å². The van der Waals surface area contributed by atoms with Gasteiger partial charge < -0.3 is 9.47 Å².